The molecule has 2 aliphatic carbocycles. The normalized spacial score (nSPS) is 38.0. The van der Waals surface area contributed by atoms with Gasteiger partial charge >= 0.3 is 0 Å². The number of hydrogen-bond donors (Lipinski definition) is 0. The summed E-state index contributed by atoms with van der Waals surface area (Å²) in [5, 5.41) is 0. The summed E-state index contributed by atoms with van der Waals surface area (Å²) in [7, 11) is 0. The maximum absolute atomic E-state index is 2.38. The van der Waals surface area contributed by atoms with E-state index in [1.54, 1.807) is 5.57 Å². The van der Waals surface area contributed by atoms with E-state index in [9.17, 15) is 0 Å². The highest BCUT2D eigenvalue weighted by Crippen LogP contribution is 2.37. The van der Waals surface area contributed by atoms with Crippen LogP contribution in [0.5, 0.6) is 0 Å². The zero-order chi connectivity index (χ0) is 9.26. The van der Waals surface area contributed by atoms with Crippen molar-refractivity contribution in [2.24, 2.45) is 17.8 Å². The predicted molar refractivity (Wildman–Crippen MR) is 57.4 cm³/mol. The molecule has 2 rings (SSSR count). The molecule has 0 aromatic heterocycles. The molecule has 0 saturated heterocycles. The van der Waals surface area contributed by atoms with E-state index < -0.39 is 0 Å². The minimum Gasteiger partial charge on any atom is -0.0883 e. The molecule has 0 amide bonds. The van der Waals surface area contributed by atoms with E-state index in [1.807, 2.05) is 0 Å². The quantitative estimate of drug-likeness (QED) is 0.531. The lowest BCUT2D eigenvalue weighted by molar-refractivity contribution is 0.298. The van der Waals surface area contributed by atoms with Crippen molar-refractivity contribution >= 4 is 0 Å². The maximum atomic E-state index is 2.38. The average molecular weight is 174 g/mol. The second-order valence-corrected chi connectivity index (χ2v) is 4.41. The second-order valence-electron chi connectivity index (χ2n) is 4.41. The molecular weight excluding hydrogens is 156 g/mol. The lowest BCUT2D eigenvalue weighted by atomic mass is 9.74. The van der Waals surface area contributed by atoms with Crippen LogP contribution in [0.2, 0.25) is 0 Å². The van der Waals surface area contributed by atoms with E-state index in [0.29, 0.717) is 0 Å². The van der Waals surface area contributed by atoms with Gasteiger partial charge in [0.05, 0.1) is 0 Å². The van der Waals surface area contributed by atoms with Crippen LogP contribution in [0.1, 0.15) is 26.7 Å². The zero-order valence-corrected chi connectivity index (χ0v) is 8.53. The lowest BCUT2D eigenvalue weighted by Gasteiger charge is -2.30. The first-order chi connectivity index (χ1) is 6.29. The van der Waals surface area contributed by atoms with Crippen LogP contribution >= 0.6 is 0 Å². The Morgan fingerprint density at radius 1 is 1.23 bits per heavy atom. The van der Waals surface area contributed by atoms with Gasteiger partial charge in [-0.25, -0.2) is 0 Å². The highest BCUT2D eigenvalue weighted by Gasteiger charge is 2.27. The van der Waals surface area contributed by atoms with E-state index >= 15 is 0 Å². The molecule has 0 saturated carbocycles. The van der Waals surface area contributed by atoms with Crippen molar-refractivity contribution in [3.8, 4) is 0 Å². The molecule has 0 aromatic rings. The van der Waals surface area contributed by atoms with Gasteiger partial charge in [0.25, 0.3) is 0 Å². The summed E-state index contributed by atoms with van der Waals surface area (Å²) in [6, 6.07) is 0. The summed E-state index contributed by atoms with van der Waals surface area (Å²) in [6.07, 6.45) is 14.1. The fraction of sp³-hybridized carbons (Fsp3) is 0.538. The predicted octanol–water partition coefficient (Wildman–Crippen LogP) is 3.72. The molecule has 0 spiro atoms. The Morgan fingerprint density at radius 2 is 2.00 bits per heavy atom. The van der Waals surface area contributed by atoms with Gasteiger partial charge in [-0.2, -0.15) is 0 Å². The van der Waals surface area contributed by atoms with Gasteiger partial charge in [-0.05, 0) is 31.6 Å². The Morgan fingerprint density at radius 3 is 2.62 bits per heavy atom. The molecule has 3 unspecified atom stereocenters. The average Bonchev–Trinajstić information content (AvgIpc) is 2.52. The van der Waals surface area contributed by atoms with Crippen LogP contribution in [-0.4, -0.2) is 0 Å². The van der Waals surface area contributed by atoms with Gasteiger partial charge in [0.15, 0.2) is 0 Å². The van der Waals surface area contributed by atoms with Crippen LogP contribution in [0.25, 0.3) is 0 Å². The first-order valence-corrected chi connectivity index (χ1v) is 5.29. The summed E-state index contributed by atoms with van der Waals surface area (Å²) >= 11 is 0. The smallest absolute Gasteiger partial charge is 0.00141 e. The molecular formula is C13H18. The molecule has 0 nitrogen and oxygen atoms in total. The highest BCUT2D eigenvalue weighted by molar-refractivity contribution is 5.27. The number of rotatable bonds is 1. The van der Waals surface area contributed by atoms with Crippen molar-refractivity contribution in [3.63, 3.8) is 0 Å². The van der Waals surface area contributed by atoms with Gasteiger partial charge in [-0.15, -0.1) is 0 Å². The van der Waals surface area contributed by atoms with Gasteiger partial charge in [0, 0.05) is 5.92 Å². The van der Waals surface area contributed by atoms with E-state index in [-0.39, 0.29) is 0 Å². The van der Waals surface area contributed by atoms with Crippen LogP contribution in [0, 0.1) is 17.8 Å². The Balaban J connectivity index is 2.12. The Bertz CT molecular complexity index is 268. The first kappa shape index (κ1) is 8.80. The third-order valence-electron chi connectivity index (χ3n) is 3.48. The second kappa shape index (κ2) is 3.53. The monoisotopic (exact) mass is 174 g/mol. The molecule has 0 heterocycles. The van der Waals surface area contributed by atoms with E-state index in [2.05, 4.69) is 44.2 Å². The minimum absolute atomic E-state index is 0.722. The summed E-state index contributed by atoms with van der Waals surface area (Å²) in [4.78, 5) is 0. The minimum atomic E-state index is 0.722. The van der Waals surface area contributed by atoms with Crippen LogP contribution in [0.3, 0.4) is 0 Å². The molecule has 0 bridgehead atoms. The summed E-state index contributed by atoms with van der Waals surface area (Å²) in [5.74, 6) is 2.42. The standard InChI is InChI=1S/C13H18/c1-10-6-3-4-8-12(10)13-9-5-7-11(13)2/h3-5,7,9-10,12-13H,6,8H2,1-2H3. The van der Waals surface area contributed by atoms with Crippen molar-refractivity contribution in [1.29, 1.82) is 0 Å². The van der Waals surface area contributed by atoms with Gasteiger partial charge in [-0.3, -0.25) is 0 Å². The van der Waals surface area contributed by atoms with Crippen molar-refractivity contribution < 1.29 is 0 Å². The molecule has 13 heavy (non-hydrogen) atoms. The van der Waals surface area contributed by atoms with Gasteiger partial charge in [0.1, 0.15) is 0 Å². The molecule has 0 aliphatic heterocycles. The Hall–Kier alpha value is -0.780. The summed E-state index contributed by atoms with van der Waals surface area (Å²) in [5.41, 5.74) is 1.55. The zero-order valence-electron chi connectivity index (χ0n) is 8.53. The number of allylic oxidation sites excluding steroid dienone is 6. The van der Waals surface area contributed by atoms with Crippen LogP contribution < -0.4 is 0 Å². The molecule has 0 N–H and O–H groups in total. The van der Waals surface area contributed by atoms with Crippen molar-refractivity contribution in [1.82, 2.24) is 0 Å². The molecule has 0 aromatic carbocycles. The van der Waals surface area contributed by atoms with Gasteiger partial charge in [-0.1, -0.05) is 42.9 Å². The van der Waals surface area contributed by atoms with E-state index in [0.717, 1.165) is 17.8 Å². The SMILES string of the molecule is CC1=CC=CC1C1CC=CCC1C. The topological polar surface area (TPSA) is 0 Å². The third kappa shape index (κ3) is 1.63. The molecule has 3 atom stereocenters. The van der Waals surface area contributed by atoms with Crippen LogP contribution in [0.4, 0.5) is 0 Å². The molecule has 0 heteroatoms. The molecule has 0 fully saturated rings. The van der Waals surface area contributed by atoms with E-state index in [4.69, 9.17) is 0 Å². The number of hydrogen-bond acceptors (Lipinski definition) is 0. The van der Waals surface area contributed by atoms with Crippen molar-refractivity contribution in [3.05, 3.63) is 36.0 Å². The molecule has 2 aliphatic rings. The van der Waals surface area contributed by atoms with Gasteiger partial charge in [0.2, 0.25) is 0 Å². The molecule has 0 radical (unpaired) electrons. The lowest BCUT2D eigenvalue weighted by Crippen LogP contribution is -2.21. The Kier molecular flexibility index (Phi) is 2.39. The summed E-state index contributed by atoms with van der Waals surface area (Å²) in [6.45, 7) is 4.64. The largest absolute Gasteiger partial charge is 0.0883 e. The Labute approximate surface area is 81.0 Å². The van der Waals surface area contributed by atoms with Gasteiger partial charge < -0.3 is 0 Å². The third-order valence-corrected chi connectivity index (χ3v) is 3.48. The van der Waals surface area contributed by atoms with Crippen molar-refractivity contribution in [2.45, 2.75) is 26.7 Å². The van der Waals surface area contributed by atoms with Crippen LogP contribution in [-0.2, 0) is 0 Å². The maximum Gasteiger partial charge on any atom is 0.00141 e. The fourth-order valence-corrected chi connectivity index (χ4v) is 2.54. The fourth-order valence-electron chi connectivity index (χ4n) is 2.54. The summed E-state index contributed by atoms with van der Waals surface area (Å²) < 4.78 is 0. The van der Waals surface area contributed by atoms with E-state index in [1.165, 1.54) is 12.8 Å². The van der Waals surface area contributed by atoms with Crippen LogP contribution in [0.15, 0.2) is 36.0 Å². The first-order valence-electron chi connectivity index (χ1n) is 5.29. The van der Waals surface area contributed by atoms with Crippen molar-refractivity contribution in [2.75, 3.05) is 0 Å². The highest BCUT2D eigenvalue weighted by atomic mass is 14.3. The molecule has 70 valence electrons.